The monoisotopic (exact) mass is 397 g/mol. The van der Waals surface area contributed by atoms with Gasteiger partial charge in [-0.25, -0.2) is 0 Å². The topological polar surface area (TPSA) is 89.5 Å². The summed E-state index contributed by atoms with van der Waals surface area (Å²) in [6.07, 6.45) is 8.65. The van der Waals surface area contributed by atoms with Gasteiger partial charge in [0.2, 0.25) is 0 Å². The van der Waals surface area contributed by atoms with E-state index in [-0.39, 0.29) is 12.6 Å². The number of hydrogen-bond acceptors (Lipinski definition) is 5. The zero-order chi connectivity index (χ0) is 20.5. The lowest BCUT2D eigenvalue weighted by atomic mass is 10.1. The quantitative estimate of drug-likeness (QED) is 0.668. The molecule has 1 aromatic heterocycles. The van der Waals surface area contributed by atoms with Crippen molar-refractivity contribution in [1.29, 1.82) is 0 Å². The van der Waals surface area contributed by atoms with E-state index in [0.717, 1.165) is 29.7 Å². The minimum atomic E-state index is -0.658. The number of benzene rings is 1. The average Bonchev–Trinajstić information content (AvgIpc) is 3.26. The molecule has 1 heterocycles. The number of methoxy groups -OCH3 is 1. The summed E-state index contributed by atoms with van der Waals surface area (Å²) in [7, 11) is 1.63. The van der Waals surface area contributed by atoms with Crippen LogP contribution in [0.15, 0.2) is 42.7 Å². The van der Waals surface area contributed by atoms with Gasteiger partial charge in [0.05, 0.1) is 13.2 Å². The predicted molar refractivity (Wildman–Crippen MR) is 109 cm³/mol. The van der Waals surface area contributed by atoms with Crippen molar-refractivity contribution >= 4 is 11.8 Å². The van der Waals surface area contributed by atoms with Crippen LogP contribution in [-0.4, -0.2) is 36.6 Å². The van der Waals surface area contributed by atoms with Gasteiger partial charge >= 0.3 is 11.8 Å². The molecule has 2 amide bonds. The van der Waals surface area contributed by atoms with Crippen molar-refractivity contribution in [3.63, 3.8) is 0 Å². The van der Waals surface area contributed by atoms with E-state index >= 15 is 0 Å². The Balaban J connectivity index is 1.46. The first-order valence-electron chi connectivity index (χ1n) is 9.94. The Bertz CT molecular complexity index is 820. The standard InChI is InChI=1S/C22H27N3O4/c1-28-19-9-8-16(13-20(19)29-18-6-2-3-7-18)10-12-24-21(26)22(27)25-15-17-5-4-11-23-14-17/h4-5,8-9,11,13-14,18H,2-3,6-7,10,12,15H2,1H3,(H,24,26)(H,25,27). The molecule has 29 heavy (non-hydrogen) atoms. The third-order valence-electron chi connectivity index (χ3n) is 4.91. The summed E-state index contributed by atoms with van der Waals surface area (Å²) < 4.78 is 11.5. The van der Waals surface area contributed by atoms with E-state index in [1.165, 1.54) is 12.8 Å². The number of nitrogens with zero attached hydrogens (tertiary/aromatic N) is 1. The van der Waals surface area contributed by atoms with Gasteiger partial charge in [0.1, 0.15) is 0 Å². The number of hydrogen-bond donors (Lipinski definition) is 2. The van der Waals surface area contributed by atoms with Crippen molar-refractivity contribution in [2.75, 3.05) is 13.7 Å². The maximum atomic E-state index is 12.0. The summed E-state index contributed by atoms with van der Waals surface area (Å²) in [5.74, 6) is 0.135. The Morgan fingerprint density at radius 1 is 1.07 bits per heavy atom. The van der Waals surface area contributed by atoms with Crippen LogP contribution in [-0.2, 0) is 22.6 Å². The number of ether oxygens (including phenoxy) is 2. The van der Waals surface area contributed by atoms with Gasteiger partial charge in [-0.3, -0.25) is 14.6 Å². The third kappa shape index (κ3) is 6.20. The summed E-state index contributed by atoms with van der Waals surface area (Å²) in [6.45, 7) is 0.620. The van der Waals surface area contributed by atoms with E-state index < -0.39 is 11.8 Å². The smallest absolute Gasteiger partial charge is 0.309 e. The molecule has 1 fully saturated rings. The highest BCUT2D eigenvalue weighted by molar-refractivity contribution is 6.35. The highest BCUT2D eigenvalue weighted by Gasteiger charge is 2.19. The molecule has 0 bridgehead atoms. The molecular weight excluding hydrogens is 370 g/mol. The third-order valence-corrected chi connectivity index (χ3v) is 4.91. The largest absolute Gasteiger partial charge is 0.493 e. The predicted octanol–water partition coefficient (Wildman–Crippen LogP) is 2.39. The summed E-state index contributed by atoms with van der Waals surface area (Å²) >= 11 is 0. The van der Waals surface area contributed by atoms with Gasteiger partial charge in [0.25, 0.3) is 0 Å². The van der Waals surface area contributed by atoms with Crippen LogP contribution in [0.4, 0.5) is 0 Å². The average molecular weight is 397 g/mol. The fourth-order valence-corrected chi connectivity index (χ4v) is 3.32. The van der Waals surface area contributed by atoms with E-state index in [2.05, 4.69) is 15.6 Å². The molecule has 7 nitrogen and oxygen atoms in total. The number of carbonyl (C=O) groups excluding carboxylic acids is 2. The zero-order valence-electron chi connectivity index (χ0n) is 16.6. The molecule has 0 radical (unpaired) electrons. The lowest BCUT2D eigenvalue weighted by molar-refractivity contribution is -0.139. The van der Waals surface area contributed by atoms with E-state index in [1.807, 2.05) is 24.3 Å². The zero-order valence-corrected chi connectivity index (χ0v) is 16.6. The number of aromatic nitrogens is 1. The highest BCUT2D eigenvalue weighted by Crippen LogP contribution is 2.32. The number of nitrogens with one attached hydrogen (secondary N) is 2. The molecule has 0 unspecified atom stereocenters. The Morgan fingerprint density at radius 3 is 2.59 bits per heavy atom. The molecule has 1 aliphatic rings. The molecule has 154 valence electrons. The Kier molecular flexibility index (Phi) is 7.44. The minimum Gasteiger partial charge on any atom is -0.493 e. The maximum Gasteiger partial charge on any atom is 0.309 e. The fourth-order valence-electron chi connectivity index (χ4n) is 3.32. The van der Waals surface area contributed by atoms with Gasteiger partial charge < -0.3 is 20.1 Å². The van der Waals surface area contributed by atoms with E-state index in [9.17, 15) is 9.59 Å². The lowest BCUT2D eigenvalue weighted by Crippen LogP contribution is -2.40. The van der Waals surface area contributed by atoms with Crippen molar-refractivity contribution in [1.82, 2.24) is 15.6 Å². The molecule has 7 heteroatoms. The van der Waals surface area contributed by atoms with Crippen LogP contribution in [0.5, 0.6) is 11.5 Å². The van der Waals surface area contributed by atoms with Gasteiger partial charge in [-0.2, -0.15) is 0 Å². The van der Waals surface area contributed by atoms with Crippen molar-refractivity contribution < 1.29 is 19.1 Å². The second-order valence-electron chi connectivity index (χ2n) is 7.06. The van der Waals surface area contributed by atoms with Crippen molar-refractivity contribution in [2.24, 2.45) is 0 Å². The fraction of sp³-hybridized carbons (Fsp3) is 0.409. The second-order valence-corrected chi connectivity index (χ2v) is 7.06. The number of amides is 2. The van der Waals surface area contributed by atoms with E-state index in [1.54, 1.807) is 25.6 Å². The molecule has 1 aliphatic carbocycles. The molecule has 0 atom stereocenters. The van der Waals surface area contributed by atoms with Gasteiger partial charge in [0, 0.05) is 25.5 Å². The van der Waals surface area contributed by atoms with Crippen LogP contribution >= 0.6 is 0 Å². The molecule has 3 rings (SSSR count). The van der Waals surface area contributed by atoms with Gasteiger partial charge in [0.15, 0.2) is 11.5 Å². The van der Waals surface area contributed by atoms with Crippen LogP contribution in [0.1, 0.15) is 36.8 Å². The van der Waals surface area contributed by atoms with Crippen LogP contribution < -0.4 is 20.1 Å². The Hall–Kier alpha value is -3.09. The summed E-state index contributed by atoms with van der Waals surface area (Å²) in [5.41, 5.74) is 1.84. The summed E-state index contributed by atoms with van der Waals surface area (Å²) in [5, 5.41) is 5.23. The molecular formula is C22H27N3O4. The second kappa shape index (κ2) is 10.5. The number of carbonyl (C=O) groups is 2. The van der Waals surface area contributed by atoms with Gasteiger partial charge in [-0.15, -0.1) is 0 Å². The molecule has 2 N–H and O–H groups in total. The van der Waals surface area contributed by atoms with Crippen molar-refractivity contribution in [3.8, 4) is 11.5 Å². The molecule has 0 saturated heterocycles. The van der Waals surface area contributed by atoms with Crippen LogP contribution in [0.3, 0.4) is 0 Å². The summed E-state index contributed by atoms with van der Waals surface area (Å²) in [6, 6.07) is 9.38. The molecule has 1 saturated carbocycles. The van der Waals surface area contributed by atoms with Gasteiger partial charge in [-0.1, -0.05) is 12.1 Å². The Labute approximate surface area is 170 Å². The normalized spacial score (nSPS) is 13.7. The first-order valence-corrected chi connectivity index (χ1v) is 9.94. The molecule has 1 aromatic carbocycles. The van der Waals surface area contributed by atoms with Gasteiger partial charge in [-0.05, 0) is 61.4 Å². The van der Waals surface area contributed by atoms with Crippen molar-refractivity contribution in [2.45, 2.75) is 44.8 Å². The van der Waals surface area contributed by atoms with E-state index in [0.29, 0.717) is 18.7 Å². The van der Waals surface area contributed by atoms with Crippen molar-refractivity contribution in [3.05, 3.63) is 53.9 Å². The minimum absolute atomic E-state index is 0.238. The number of rotatable bonds is 8. The number of pyridine rings is 1. The maximum absolute atomic E-state index is 12.0. The van der Waals surface area contributed by atoms with Crippen LogP contribution in [0.2, 0.25) is 0 Å². The highest BCUT2D eigenvalue weighted by atomic mass is 16.5. The lowest BCUT2D eigenvalue weighted by Gasteiger charge is -2.17. The van der Waals surface area contributed by atoms with E-state index in [4.69, 9.17) is 9.47 Å². The summed E-state index contributed by atoms with van der Waals surface area (Å²) in [4.78, 5) is 27.8. The first kappa shape index (κ1) is 20.6. The SMILES string of the molecule is COc1ccc(CCNC(=O)C(=O)NCc2cccnc2)cc1OC1CCCC1. The van der Waals surface area contributed by atoms with Crippen LogP contribution in [0.25, 0.3) is 0 Å². The Morgan fingerprint density at radius 2 is 1.86 bits per heavy atom. The molecule has 0 aliphatic heterocycles. The molecule has 0 spiro atoms. The first-order chi connectivity index (χ1) is 14.2. The van der Waals surface area contributed by atoms with Crippen LogP contribution in [0, 0.1) is 0 Å². The molecule has 2 aromatic rings.